The van der Waals surface area contributed by atoms with E-state index in [2.05, 4.69) is 10.5 Å². The molecule has 1 N–H and O–H groups in total. The quantitative estimate of drug-likeness (QED) is 0.939. The number of nitrogens with zero attached hydrogens (tertiary/aromatic N) is 2. The Bertz CT molecular complexity index is 712. The second-order valence-electron chi connectivity index (χ2n) is 4.91. The molecule has 0 fully saturated rings. The van der Waals surface area contributed by atoms with E-state index in [-0.39, 0.29) is 18.4 Å². The number of aromatic nitrogens is 1. The van der Waals surface area contributed by atoms with Gasteiger partial charge in [0.05, 0.1) is 0 Å². The molecule has 0 saturated carbocycles. The smallest absolute Gasteiger partial charge is 0.245 e. The van der Waals surface area contributed by atoms with Gasteiger partial charge in [-0.05, 0) is 31.5 Å². The third kappa shape index (κ3) is 3.85. The van der Waals surface area contributed by atoms with Gasteiger partial charge in [0.1, 0.15) is 12.3 Å². The molecule has 0 aliphatic rings. The minimum atomic E-state index is -0.375. The van der Waals surface area contributed by atoms with Gasteiger partial charge in [0.2, 0.25) is 11.8 Å². The van der Waals surface area contributed by atoms with Gasteiger partial charge in [0.15, 0.2) is 5.82 Å². The summed E-state index contributed by atoms with van der Waals surface area (Å²) in [7, 11) is 0. The van der Waals surface area contributed by atoms with Crippen molar-refractivity contribution in [3.05, 3.63) is 40.6 Å². The highest BCUT2D eigenvalue weighted by Crippen LogP contribution is 2.23. The Morgan fingerprint density at radius 2 is 2.05 bits per heavy atom. The fourth-order valence-corrected chi connectivity index (χ4v) is 2.06. The molecule has 0 radical (unpaired) electrons. The van der Waals surface area contributed by atoms with Gasteiger partial charge >= 0.3 is 0 Å². The molecule has 1 aromatic heterocycles. The van der Waals surface area contributed by atoms with Crippen molar-refractivity contribution in [3.63, 3.8) is 0 Å². The molecule has 2 aromatic rings. The van der Waals surface area contributed by atoms with Crippen LogP contribution in [0.5, 0.6) is 0 Å². The van der Waals surface area contributed by atoms with E-state index in [1.54, 1.807) is 31.2 Å². The molecule has 7 heteroatoms. The predicted octanol–water partition coefficient (Wildman–Crippen LogP) is 2.94. The molecular weight excluding hydrogens is 306 g/mol. The lowest BCUT2D eigenvalue weighted by atomic mass is 10.2. The van der Waals surface area contributed by atoms with Gasteiger partial charge in [-0.25, -0.2) is 0 Å². The fourth-order valence-electron chi connectivity index (χ4n) is 1.89. The molecule has 2 rings (SSSR count). The van der Waals surface area contributed by atoms with Crippen molar-refractivity contribution in [3.8, 4) is 0 Å². The van der Waals surface area contributed by atoms with E-state index < -0.39 is 0 Å². The number of anilines is 2. The van der Waals surface area contributed by atoms with Crippen LogP contribution in [0.25, 0.3) is 0 Å². The van der Waals surface area contributed by atoms with Crippen LogP contribution in [0.2, 0.25) is 5.02 Å². The molecule has 0 atom stereocenters. The highest BCUT2D eigenvalue weighted by molar-refractivity contribution is 6.31. The molecule has 0 bridgehead atoms. The topological polar surface area (TPSA) is 75.4 Å². The number of hydrogen-bond donors (Lipinski definition) is 1. The summed E-state index contributed by atoms with van der Waals surface area (Å²) in [6, 6.07) is 6.80. The maximum absolute atomic E-state index is 12.0. The van der Waals surface area contributed by atoms with Gasteiger partial charge in [-0.1, -0.05) is 22.8 Å². The lowest BCUT2D eigenvalue weighted by molar-refractivity contribution is -0.120. The van der Waals surface area contributed by atoms with Gasteiger partial charge in [0, 0.05) is 23.7 Å². The van der Waals surface area contributed by atoms with Crippen molar-refractivity contribution in [2.24, 2.45) is 0 Å². The molecule has 0 spiro atoms. The minimum Gasteiger partial charge on any atom is -0.360 e. The summed E-state index contributed by atoms with van der Waals surface area (Å²) in [6.45, 7) is 4.84. The number of amides is 2. The molecule has 1 aromatic carbocycles. The van der Waals surface area contributed by atoms with Crippen LogP contribution in [0.1, 0.15) is 18.2 Å². The van der Waals surface area contributed by atoms with E-state index in [1.807, 2.05) is 6.92 Å². The van der Waals surface area contributed by atoms with E-state index in [1.165, 1.54) is 11.8 Å². The normalized spacial score (nSPS) is 10.4. The highest BCUT2D eigenvalue weighted by atomic mass is 35.5. The maximum Gasteiger partial charge on any atom is 0.245 e. The molecule has 0 saturated heterocycles. The first-order valence-corrected chi connectivity index (χ1v) is 7.02. The van der Waals surface area contributed by atoms with Crippen LogP contribution in [0, 0.1) is 13.8 Å². The Balaban J connectivity index is 2.13. The number of carbonyl (C=O) groups is 2. The predicted molar refractivity (Wildman–Crippen MR) is 84.1 cm³/mol. The third-order valence-corrected chi connectivity index (χ3v) is 3.45. The molecule has 2 amide bonds. The minimum absolute atomic E-state index is 0.138. The van der Waals surface area contributed by atoms with Crippen molar-refractivity contribution in [1.29, 1.82) is 0 Å². The first-order chi connectivity index (χ1) is 10.4. The zero-order valence-electron chi connectivity index (χ0n) is 12.5. The van der Waals surface area contributed by atoms with E-state index >= 15 is 0 Å². The Hall–Kier alpha value is -2.34. The number of halogens is 1. The summed E-state index contributed by atoms with van der Waals surface area (Å²) in [5, 5.41) is 6.79. The largest absolute Gasteiger partial charge is 0.360 e. The zero-order chi connectivity index (χ0) is 16.3. The number of hydrogen-bond acceptors (Lipinski definition) is 4. The number of aryl methyl sites for hydroxylation is 2. The van der Waals surface area contributed by atoms with Crippen LogP contribution in [-0.4, -0.2) is 23.5 Å². The van der Waals surface area contributed by atoms with Gasteiger partial charge in [-0.2, -0.15) is 0 Å². The first-order valence-electron chi connectivity index (χ1n) is 6.64. The number of benzene rings is 1. The standard InChI is InChI=1S/C15H16ClN3O3/c1-9-4-5-12(7-13(9)16)19(11(3)20)8-15(21)17-14-6-10(2)22-18-14/h4-7H,8H2,1-3H3,(H,17,18,21). The van der Waals surface area contributed by atoms with Crippen LogP contribution in [-0.2, 0) is 9.59 Å². The molecule has 116 valence electrons. The van der Waals surface area contributed by atoms with Crippen molar-refractivity contribution >= 4 is 34.9 Å². The lowest BCUT2D eigenvalue weighted by Gasteiger charge is -2.21. The molecule has 6 nitrogen and oxygen atoms in total. The van der Waals surface area contributed by atoms with E-state index in [0.29, 0.717) is 22.3 Å². The molecule has 22 heavy (non-hydrogen) atoms. The summed E-state index contributed by atoms with van der Waals surface area (Å²) < 4.78 is 4.87. The Morgan fingerprint density at radius 1 is 1.32 bits per heavy atom. The summed E-state index contributed by atoms with van der Waals surface area (Å²) in [5.74, 6) is 0.267. The number of rotatable bonds is 4. The van der Waals surface area contributed by atoms with E-state index in [9.17, 15) is 9.59 Å². The molecule has 0 aliphatic heterocycles. The fraction of sp³-hybridized carbons (Fsp3) is 0.267. The third-order valence-electron chi connectivity index (χ3n) is 3.04. The highest BCUT2D eigenvalue weighted by Gasteiger charge is 2.17. The molecular formula is C15H16ClN3O3. The summed E-state index contributed by atoms with van der Waals surface area (Å²) in [6.07, 6.45) is 0. The van der Waals surface area contributed by atoms with Crippen molar-refractivity contribution in [2.45, 2.75) is 20.8 Å². The van der Waals surface area contributed by atoms with Gasteiger partial charge in [-0.15, -0.1) is 0 Å². The number of carbonyl (C=O) groups excluding carboxylic acids is 2. The monoisotopic (exact) mass is 321 g/mol. The second kappa shape index (κ2) is 6.62. The Morgan fingerprint density at radius 3 is 2.59 bits per heavy atom. The second-order valence-corrected chi connectivity index (χ2v) is 5.32. The Kier molecular flexibility index (Phi) is 4.82. The van der Waals surface area contributed by atoms with Gasteiger partial charge in [-0.3, -0.25) is 9.59 Å². The van der Waals surface area contributed by atoms with Crippen LogP contribution in [0.4, 0.5) is 11.5 Å². The lowest BCUT2D eigenvalue weighted by Crippen LogP contribution is -2.36. The maximum atomic E-state index is 12.0. The average molecular weight is 322 g/mol. The molecule has 0 unspecified atom stereocenters. The Labute approximate surface area is 133 Å². The van der Waals surface area contributed by atoms with Crippen LogP contribution in [0.3, 0.4) is 0 Å². The van der Waals surface area contributed by atoms with Crippen molar-refractivity contribution < 1.29 is 14.1 Å². The van der Waals surface area contributed by atoms with Crippen LogP contribution < -0.4 is 10.2 Å². The summed E-state index contributed by atoms with van der Waals surface area (Å²) in [5.41, 5.74) is 1.46. The van der Waals surface area contributed by atoms with Crippen LogP contribution in [0.15, 0.2) is 28.8 Å². The summed E-state index contributed by atoms with van der Waals surface area (Å²) >= 11 is 6.07. The van der Waals surface area contributed by atoms with Gasteiger partial charge < -0.3 is 14.7 Å². The molecule has 0 aliphatic carbocycles. The van der Waals surface area contributed by atoms with E-state index in [4.69, 9.17) is 16.1 Å². The van der Waals surface area contributed by atoms with Crippen LogP contribution >= 0.6 is 11.6 Å². The van der Waals surface area contributed by atoms with E-state index in [0.717, 1.165) is 5.56 Å². The SMILES string of the molecule is CC(=O)N(CC(=O)Nc1cc(C)on1)c1ccc(C)c(Cl)c1. The van der Waals surface area contributed by atoms with Crippen molar-refractivity contribution in [1.82, 2.24) is 5.16 Å². The number of nitrogens with one attached hydrogen (secondary N) is 1. The van der Waals surface area contributed by atoms with Crippen molar-refractivity contribution in [2.75, 3.05) is 16.8 Å². The zero-order valence-corrected chi connectivity index (χ0v) is 13.3. The summed E-state index contributed by atoms with van der Waals surface area (Å²) in [4.78, 5) is 25.2. The first kappa shape index (κ1) is 16.0. The average Bonchev–Trinajstić information content (AvgIpc) is 2.84. The molecule has 1 heterocycles. The van der Waals surface area contributed by atoms with Gasteiger partial charge in [0.25, 0.3) is 0 Å².